The summed E-state index contributed by atoms with van der Waals surface area (Å²) in [7, 11) is 0. The fraction of sp³-hybridized carbons (Fsp3) is 0.438. The van der Waals surface area contributed by atoms with Crippen molar-refractivity contribution in [3.8, 4) is 0 Å². The van der Waals surface area contributed by atoms with Crippen LogP contribution in [-0.4, -0.2) is 23.0 Å². The Bertz CT molecular complexity index is 674. The number of carbonyl (C=O) groups excluding carboxylic acids is 2. The predicted octanol–water partition coefficient (Wildman–Crippen LogP) is 2.13. The molecule has 0 aliphatic heterocycles. The number of nitrogens with zero attached hydrogens (tertiary/aromatic N) is 1. The zero-order chi connectivity index (χ0) is 17.0. The first-order chi connectivity index (χ1) is 10.9. The molecule has 2 N–H and O–H groups in total. The standard InChI is InChI=1S/C16H21N3O4/c1-9(2)14-13(10(3)19-23-14)16(21)18-11(4)15(20)17-8-12-6-5-7-22-12/h5-7,9,11H,8H2,1-4H3,(H,17,20)(H,18,21)/t11-/m0/s1. The number of hydrogen-bond acceptors (Lipinski definition) is 5. The van der Waals surface area contributed by atoms with Crippen molar-refractivity contribution in [2.75, 3.05) is 0 Å². The van der Waals surface area contributed by atoms with Gasteiger partial charge in [0, 0.05) is 5.92 Å². The number of carbonyl (C=O) groups is 2. The molecule has 2 aromatic heterocycles. The van der Waals surface area contributed by atoms with Crippen molar-refractivity contribution in [3.05, 3.63) is 41.2 Å². The minimum atomic E-state index is -0.688. The van der Waals surface area contributed by atoms with E-state index in [0.717, 1.165) is 0 Å². The van der Waals surface area contributed by atoms with Crippen LogP contribution in [0.1, 0.15) is 54.3 Å². The molecule has 0 radical (unpaired) electrons. The van der Waals surface area contributed by atoms with E-state index in [1.165, 1.54) is 6.26 Å². The number of rotatable bonds is 6. The molecule has 2 rings (SSSR count). The van der Waals surface area contributed by atoms with E-state index < -0.39 is 6.04 Å². The van der Waals surface area contributed by atoms with Crippen LogP contribution in [-0.2, 0) is 11.3 Å². The number of nitrogens with one attached hydrogen (secondary N) is 2. The minimum Gasteiger partial charge on any atom is -0.467 e. The molecule has 0 aliphatic rings. The van der Waals surface area contributed by atoms with Crippen LogP contribution in [0.5, 0.6) is 0 Å². The van der Waals surface area contributed by atoms with E-state index >= 15 is 0 Å². The molecule has 1 atom stereocenters. The van der Waals surface area contributed by atoms with Gasteiger partial charge in [-0.1, -0.05) is 19.0 Å². The van der Waals surface area contributed by atoms with Gasteiger partial charge >= 0.3 is 0 Å². The highest BCUT2D eigenvalue weighted by Crippen LogP contribution is 2.22. The normalized spacial score (nSPS) is 12.2. The number of hydrogen-bond donors (Lipinski definition) is 2. The Hall–Kier alpha value is -2.57. The zero-order valence-corrected chi connectivity index (χ0v) is 13.7. The molecule has 0 saturated heterocycles. The Balaban J connectivity index is 1.96. The largest absolute Gasteiger partial charge is 0.467 e. The minimum absolute atomic E-state index is 0.0278. The Morgan fingerprint density at radius 1 is 1.30 bits per heavy atom. The monoisotopic (exact) mass is 319 g/mol. The molecule has 124 valence electrons. The summed E-state index contributed by atoms with van der Waals surface area (Å²) >= 11 is 0. The molecule has 0 saturated carbocycles. The number of amides is 2. The summed E-state index contributed by atoms with van der Waals surface area (Å²) in [5.41, 5.74) is 0.903. The number of aromatic nitrogens is 1. The summed E-state index contributed by atoms with van der Waals surface area (Å²) in [5, 5.41) is 9.20. The molecule has 23 heavy (non-hydrogen) atoms. The summed E-state index contributed by atoms with van der Waals surface area (Å²) in [6.45, 7) is 7.42. The molecule has 0 bridgehead atoms. The molecule has 2 heterocycles. The molecule has 7 nitrogen and oxygen atoms in total. The van der Waals surface area contributed by atoms with Crippen LogP contribution in [0.25, 0.3) is 0 Å². The summed E-state index contributed by atoms with van der Waals surface area (Å²) in [6.07, 6.45) is 1.54. The van der Waals surface area contributed by atoms with Gasteiger partial charge in [0.2, 0.25) is 5.91 Å². The van der Waals surface area contributed by atoms with E-state index in [0.29, 0.717) is 22.8 Å². The summed E-state index contributed by atoms with van der Waals surface area (Å²) in [4.78, 5) is 24.4. The van der Waals surface area contributed by atoms with Crippen molar-refractivity contribution < 1.29 is 18.5 Å². The average molecular weight is 319 g/mol. The van der Waals surface area contributed by atoms with Gasteiger partial charge in [0.05, 0.1) is 18.5 Å². The average Bonchev–Trinajstić information content (AvgIpc) is 3.13. The molecular weight excluding hydrogens is 298 g/mol. The first-order valence-electron chi connectivity index (χ1n) is 7.47. The van der Waals surface area contributed by atoms with Gasteiger partial charge in [-0.15, -0.1) is 0 Å². The lowest BCUT2D eigenvalue weighted by molar-refractivity contribution is -0.122. The van der Waals surface area contributed by atoms with Gasteiger partial charge < -0.3 is 19.6 Å². The van der Waals surface area contributed by atoms with Crippen LogP contribution in [0.2, 0.25) is 0 Å². The molecule has 2 aromatic rings. The second-order valence-electron chi connectivity index (χ2n) is 5.65. The van der Waals surface area contributed by atoms with Gasteiger partial charge in [0.25, 0.3) is 5.91 Å². The van der Waals surface area contributed by atoms with E-state index in [9.17, 15) is 9.59 Å². The summed E-state index contributed by atoms with van der Waals surface area (Å²) < 4.78 is 10.3. The van der Waals surface area contributed by atoms with Gasteiger partial charge in [-0.25, -0.2) is 0 Å². The Morgan fingerprint density at radius 2 is 2.04 bits per heavy atom. The third-order valence-corrected chi connectivity index (χ3v) is 3.40. The third-order valence-electron chi connectivity index (χ3n) is 3.40. The van der Waals surface area contributed by atoms with Gasteiger partial charge in [-0.05, 0) is 26.0 Å². The molecule has 2 amide bonds. The van der Waals surface area contributed by atoms with Gasteiger partial charge in [-0.2, -0.15) is 0 Å². The summed E-state index contributed by atoms with van der Waals surface area (Å²) in [6, 6.07) is 2.82. The van der Waals surface area contributed by atoms with Gasteiger partial charge in [0.1, 0.15) is 17.4 Å². The Morgan fingerprint density at radius 3 is 2.65 bits per heavy atom. The van der Waals surface area contributed by atoms with Crippen LogP contribution in [0, 0.1) is 6.92 Å². The van der Waals surface area contributed by atoms with E-state index in [2.05, 4.69) is 15.8 Å². The van der Waals surface area contributed by atoms with E-state index in [4.69, 9.17) is 8.94 Å². The lowest BCUT2D eigenvalue weighted by atomic mass is 10.0. The fourth-order valence-corrected chi connectivity index (χ4v) is 2.13. The SMILES string of the molecule is Cc1noc(C(C)C)c1C(=O)N[C@@H](C)C(=O)NCc1ccco1. The maximum atomic E-state index is 12.4. The van der Waals surface area contributed by atoms with Crippen LogP contribution >= 0.6 is 0 Å². The van der Waals surface area contributed by atoms with Gasteiger partial charge in [0.15, 0.2) is 5.76 Å². The lowest BCUT2D eigenvalue weighted by Gasteiger charge is -2.14. The predicted molar refractivity (Wildman–Crippen MR) is 82.8 cm³/mol. The molecule has 0 aromatic carbocycles. The maximum absolute atomic E-state index is 12.4. The smallest absolute Gasteiger partial charge is 0.257 e. The highest BCUT2D eigenvalue weighted by molar-refractivity contribution is 5.99. The van der Waals surface area contributed by atoms with Crippen molar-refractivity contribution in [1.29, 1.82) is 0 Å². The van der Waals surface area contributed by atoms with Crippen LogP contribution in [0.3, 0.4) is 0 Å². The first-order valence-corrected chi connectivity index (χ1v) is 7.47. The third kappa shape index (κ3) is 4.00. The molecule has 0 aliphatic carbocycles. The highest BCUT2D eigenvalue weighted by atomic mass is 16.5. The fourth-order valence-electron chi connectivity index (χ4n) is 2.13. The van der Waals surface area contributed by atoms with E-state index in [-0.39, 0.29) is 24.3 Å². The van der Waals surface area contributed by atoms with E-state index in [1.54, 1.807) is 26.0 Å². The zero-order valence-electron chi connectivity index (χ0n) is 13.7. The highest BCUT2D eigenvalue weighted by Gasteiger charge is 2.25. The maximum Gasteiger partial charge on any atom is 0.257 e. The number of furan rings is 1. The van der Waals surface area contributed by atoms with Crippen molar-refractivity contribution in [2.45, 2.75) is 46.2 Å². The summed E-state index contributed by atoms with van der Waals surface area (Å²) in [5.74, 6) is 0.528. The molecule has 0 spiro atoms. The second kappa shape index (κ2) is 7.13. The topological polar surface area (TPSA) is 97.4 Å². The van der Waals surface area contributed by atoms with Crippen molar-refractivity contribution in [1.82, 2.24) is 15.8 Å². The first kappa shape index (κ1) is 16.8. The molecule has 0 fully saturated rings. The van der Waals surface area contributed by atoms with Crippen molar-refractivity contribution >= 4 is 11.8 Å². The second-order valence-corrected chi connectivity index (χ2v) is 5.65. The van der Waals surface area contributed by atoms with Crippen LogP contribution in [0.15, 0.2) is 27.3 Å². The van der Waals surface area contributed by atoms with Crippen molar-refractivity contribution in [3.63, 3.8) is 0 Å². The molecule has 0 unspecified atom stereocenters. The van der Waals surface area contributed by atoms with E-state index in [1.807, 2.05) is 13.8 Å². The van der Waals surface area contributed by atoms with Crippen LogP contribution < -0.4 is 10.6 Å². The van der Waals surface area contributed by atoms with Crippen LogP contribution in [0.4, 0.5) is 0 Å². The Kier molecular flexibility index (Phi) is 5.20. The molecular formula is C16H21N3O4. The molecule has 7 heteroatoms. The Labute approximate surface area is 134 Å². The number of aryl methyl sites for hydroxylation is 1. The van der Waals surface area contributed by atoms with Gasteiger partial charge in [-0.3, -0.25) is 9.59 Å². The quantitative estimate of drug-likeness (QED) is 0.850. The van der Waals surface area contributed by atoms with Crippen molar-refractivity contribution in [2.24, 2.45) is 0 Å². The lowest BCUT2D eigenvalue weighted by Crippen LogP contribution is -2.44.